The summed E-state index contributed by atoms with van der Waals surface area (Å²) in [6.45, 7) is 2.00. The Kier molecular flexibility index (Phi) is 8.22. The number of carboxylic acids is 1. The maximum absolute atomic E-state index is 13.8. The number of aromatic nitrogens is 3. The second-order valence-electron chi connectivity index (χ2n) is 10.6. The minimum absolute atomic E-state index is 0.0786. The molecule has 43 heavy (non-hydrogen) atoms. The van der Waals surface area contributed by atoms with E-state index in [0.717, 1.165) is 16.7 Å². The van der Waals surface area contributed by atoms with Crippen molar-refractivity contribution in [2.24, 2.45) is 5.92 Å². The van der Waals surface area contributed by atoms with Crippen LogP contribution in [0, 0.1) is 12.8 Å². The van der Waals surface area contributed by atoms with Gasteiger partial charge >= 0.3 is 18.3 Å². The normalized spacial score (nSPS) is 17.6. The van der Waals surface area contributed by atoms with E-state index >= 15 is 0 Å². The maximum atomic E-state index is 13.8. The molecule has 0 aliphatic heterocycles. The zero-order valence-electron chi connectivity index (χ0n) is 22.9. The van der Waals surface area contributed by atoms with E-state index < -0.39 is 35.5 Å². The van der Waals surface area contributed by atoms with Crippen LogP contribution >= 0.6 is 0 Å². The van der Waals surface area contributed by atoms with Gasteiger partial charge in [0.05, 0.1) is 17.8 Å². The van der Waals surface area contributed by atoms with Crippen LogP contribution in [0.2, 0.25) is 0 Å². The van der Waals surface area contributed by atoms with Crippen molar-refractivity contribution in [1.29, 1.82) is 0 Å². The molecule has 12 heteroatoms. The Morgan fingerprint density at radius 1 is 0.977 bits per heavy atom. The number of hydrogen-bond donors (Lipinski definition) is 1. The van der Waals surface area contributed by atoms with Gasteiger partial charge in [-0.1, -0.05) is 42.0 Å². The van der Waals surface area contributed by atoms with Gasteiger partial charge in [0.25, 0.3) is 0 Å². The molecule has 6 nitrogen and oxygen atoms in total. The number of carboxylic acid groups (broad SMARTS) is 1. The van der Waals surface area contributed by atoms with E-state index in [9.17, 15) is 36.2 Å². The quantitative estimate of drug-likeness (QED) is 0.215. The number of pyridine rings is 1. The van der Waals surface area contributed by atoms with Gasteiger partial charge in [0.15, 0.2) is 11.5 Å². The molecule has 1 N–H and O–H groups in total. The summed E-state index contributed by atoms with van der Waals surface area (Å²) in [4.78, 5) is 15.7. The third-order valence-corrected chi connectivity index (χ3v) is 7.67. The second-order valence-corrected chi connectivity index (χ2v) is 10.6. The molecular weight excluding hydrogens is 576 g/mol. The van der Waals surface area contributed by atoms with Crippen LogP contribution in [0.1, 0.15) is 64.3 Å². The van der Waals surface area contributed by atoms with Crippen molar-refractivity contribution >= 4 is 5.97 Å². The fraction of sp³-hybridized carbons (Fsp3) is 0.323. The number of aryl methyl sites for hydroxylation is 1. The van der Waals surface area contributed by atoms with E-state index in [0.29, 0.717) is 40.7 Å². The highest BCUT2D eigenvalue weighted by Gasteiger charge is 2.42. The summed E-state index contributed by atoms with van der Waals surface area (Å²) in [5.74, 6) is -2.71. The third-order valence-electron chi connectivity index (χ3n) is 7.67. The average Bonchev–Trinajstić information content (AvgIpc) is 3.43. The molecule has 2 aromatic carbocycles. The van der Waals surface area contributed by atoms with Crippen LogP contribution in [-0.2, 0) is 12.8 Å². The third kappa shape index (κ3) is 6.68. The topological polar surface area (TPSA) is 77.2 Å². The fourth-order valence-corrected chi connectivity index (χ4v) is 5.41. The lowest BCUT2D eigenvalue weighted by Crippen LogP contribution is -2.27. The molecule has 0 saturated heterocycles. The van der Waals surface area contributed by atoms with Crippen LogP contribution in [0.5, 0.6) is 5.75 Å². The summed E-state index contributed by atoms with van der Waals surface area (Å²) in [5.41, 5.74) is 1.04. The predicted molar refractivity (Wildman–Crippen MR) is 145 cm³/mol. The van der Waals surface area contributed by atoms with Gasteiger partial charge < -0.3 is 9.84 Å². The molecule has 0 spiro atoms. The van der Waals surface area contributed by atoms with Crippen LogP contribution in [0.4, 0.5) is 26.3 Å². The zero-order valence-corrected chi connectivity index (χ0v) is 22.9. The average molecular weight is 604 g/mol. The predicted octanol–water partition coefficient (Wildman–Crippen LogP) is 8.37. The molecule has 2 aromatic heterocycles. The summed E-state index contributed by atoms with van der Waals surface area (Å²) < 4.78 is 86.9. The van der Waals surface area contributed by atoms with Crippen LogP contribution in [0.25, 0.3) is 17.1 Å². The number of benzene rings is 2. The van der Waals surface area contributed by atoms with Crippen LogP contribution in [-0.4, -0.2) is 32.0 Å². The number of carbonyl (C=O) groups is 1. The summed E-state index contributed by atoms with van der Waals surface area (Å²) in [7, 11) is 0. The minimum atomic E-state index is -4.99. The lowest BCUT2D eigenvalue weighted by atomic mass is 9.78. The van der Waals surface area contributed by atoms with Crippen molar-refractivity contribution in [3.05, 3.63) is 94.8 Å². The van der Waals surface area contributed by atoms with E-state index in [4.69, 9.17) is 4.74 Å². The Bertz CT molecular complexity index is 1600. The summed E-state index contributed by atoms with van der Waals surface area (Å²) in [6, 6.07) is 17.3. The molecule has 1 fully saturated rings. The molecule has 1 aliphatic rings. The van der Waals surface area contributed by atoms with Crippen molar-refractivity contribution in [2.75, 3.05) is 0 Å². The fourth-order valence-electron chi connectivity index (χ4n) is 5.41. The second kappa shape index (κ2) is 11.7. The lowest BCUT2D eigenvalue weighted by molar-refractivity contribution is -0.182. The molecule has 1 saturated carbocycles. The number of halogens is 6. The first kappa shape index (κ1) is 30.1. The Balaban J connectivity index is 1.34. The maximum Gasteiger partial charge on any atom is 0.434 e. The monoisotopic (exact) mass is 603 g/mol. The van der Waals surface area contributed by atoms with Gasteiger partial charge in [-0.2, -0.15) is 31.4 Å². The van der Waals surface area contributed by atoms with Gasteiger partial charge in [0.1, 0.15) is 17.9 Å². The van der Waals surface area contributed by atoms with E-state index in [2.05, 4.69) is 10.1 Å². The zero-order chi connectivity index (χ0) is 30.9. The highest BCUT2D eigenvalue weighted by atomic mass is 19.4. The van der Waals surface area contributed by atoms with Crippen molar-refractivity contribution in [2.45, 2.75) is 57.5 Å². The van der Waals surface area contributed by atoms with Gasteiger partial charge in [0, 0.05) is 5.56 Å². The molecule has 5 rings (SSSR count). The first-order chi connectivity index (χ1) is 20.3. The summed E-state index contributed by atoms with van der Waals surface area (Å²) in [5, 5.41) is 12.9. The van der Waals surface area contributed by atoms with E-state index in [-0.39, 0.29) is 31.2 Å². The van der Waals surface area contributed by atoms with Crippen molar-refractivity contribution < 1.29 is 41.0 Å². The van der Waals surface area contributed by atoms with Gasteiger partial charge in [-0.05, 0) is 73.9 Å². The molecule has 1 aliphatic carbocycles. The Morgan fingerprint density at radius 2 is 1.67 bits per heavy atom. The van der Waals surface area contributed by atoms with Gasteiger partial charge in [-0.15, -0.1) is 0 Å². The molecule has 2 heterocycles. The lowest BCUT2D eigenvalue weighted by Gasteiger charge is -2.30. The summed E-state index contributed by atoms with van der Waals surface area (Å²) in [6.07, 6.45) is -7.27. The molecule has 0 atom stereocenters. The largest absolute Gasteiger partial charge is 0.488 e. The highest BCUT2D eigenvalue weighted by Crippen LogP contribution is 2.43. The van der Waals surface area contributed by atoms with Crippen molar-refractivity contribution in [3.8, 4) is 22.8 Å². The van der Waals surface area contributed by atoms with Gasteiger partial charge in [-0.25, -0.2) is 14.5 Å². The smallest absolute Gasteiger partial charge is 0.434 e. The number of hydrogen-bond acceptors (Lipinski definition) is 4. The Labute approximate surface area is 243 Å². The van der Waals surface area contributed by atoms with E-state index in [1.54, 1.807) is 18.2 Å². The number of aromatic carboxylic acids is 1. The van der Waals surface area contributed by atoms with Gasteiger partial charge in [-0.3, -0.25) is 0 Å². The molecule has 0 amide bonds. The first-order valence-corrected chi connectivity index (χ1v) is 13.6. The number of ether oxygens (including phenoxy) is 1. The Hall–Kier alpha value is -4.35. The molecule has 0 unspecified atom stereocenters. The van der Waals surface area contributed by atoms with E-state index in [1.807, 2.05) is 37.3 Å². The molecule has 0 radical (unpaired) electrons. The number of alkyl halides is 6. The molecular formula is C31H27F6N3O3. The van der Waals surface area contributed by atoms with Crippen molar-refractivity contribution in [1.82, 2.24) is 14.8 Å². The molecule has 0 bridgehead atoms. The highest BCUT2D eigenvalue weighted by molar-refractivity contribution is 5.89. The van der Waals surface area contributed by atoms with E-state index in [1.165, 1.54) is 12.1 Å². The van der Waals surface area contributed by atoms with Crippen LogP contribution < -0.4 is 4.74 Å². The minimum Gasteiger partial charge on any atom is -0.488 e. The standard InChI is InChI=1S/C31H27F6N3O3/c1-18-5-14-26(43-17-19-6-8-20(9-7-19)21-10-12-22(13-11-21)30(32,33)34)23(15-18)25-3-2-4-27(39-25)40-28(31(35,36)37)24(16-38-40)29(41)42/h2-9,14-16,21-22H,10-13,17H2,1H3,(H,41,42)/t21-,22-. The SMILES string of the molecule is Cc1ccc(OCc2ccc([C@H]3CC[C@H](C(F)(F)F)CC3)cc2)c(-c2cccc(-n3ncc(C(=O)O)c3C(F)(F)F)n2)c1. The molecule has 226 valence electrons. The van der Waals surface area contributed by atoms with Crippen molar-refractivity contribution in [3.63, 3.8) is 0 Å². The first-order valence-electron chi connectivity index (χ1n) is 13.6. The molecule has 4 aromatic rings. The van der Waals surface area contributed by atoms with Crippen LogP contribution in [0.3, 0.4) is 0 Å². The number of nitrogens with zero attached hydrogens (tertiary/aromatic N) is 3. The number of rotatable bonds is 7. The summed E-state index contributed by atoms with van der Waals surface area (Å²) >= 11 is 0. The van der Waals surface area contributed by atoms with Gasteiger partial charge in [0.2, 0.25) is 0 Å². The Morgan fingerprint density at radius 3 is 2.30 bits per heavy atom. The van der Waals surface area contributed by atoms with Crippen LogP contribution in [0.15, 0.2) is 66.9 Å².